The highest BCUT2D eigenvalue weighted by atomic mass is 16.2. The molecule has 4 nitrogen and oxygen atoms in total. The van der Waals surface area contributed by atoms with Gasteiger partial charge < -0.3 is 15.5 Å². The van der Waals surface area contributed by atoms with Crippen LogP contribution in [0.15, 0.2) is 30.3 Å². The molecule has 2 rings (SSSR count). The standard InChI is InChI=1S/C16H25N3O/c1-3-16(17,4-2)15(20)19-12-10-18(11-13-19)14-8-6-5-7-9-14/h5-9H,3-4,10-13,17H2,1-2H3. The molecule has 0 bridgehead atoms. The quantitative estimate of drug-likeness (QED) is 0.912. The Balaban J connectivity index is 1.96. The zero-order valence-electron chi connectivity index (χ0n) is 12.5. The minimum atomic E-state index is -0.686. The maximum atomic E-state index is 12.5. The zero-order valence-corrected chi connectivity index (χ0v) is 12.5. The molecule has 0 unspecified atom stereocenters. The van der Waals surface area contributed by atoms with E-state index in [4.69, 9.17) is 5.73 Å². The molecule has 0 saturated carbocycles. The molecule has 0 atom stereocenters. The van der Waals surface area contributed by atoms with Crippen LogP contribution < -0.4 is 10.6 Å². The second kappa shape index (κ2) is 6.27. The van der Waals surface area contributed by atoms with Gasteiger partial charge in [-0.1, -0.05) is 32.0 Å². The third kappa shape index (κ3) is 2.96. The van der Waals surface area contributed by atoms with Crippen molar-refractivity contribution in [1.82, 2.24) is 4.90 Å². The molecule has 0 aliphatic carbocycles. The van der Waals surface area contributed by atoms with Crippen molar-refractivity contribution in [2.75, 3.05) is 31.1 Å². The molecular formula is C16H25N3O. The van der Waals surface area contributed by atoms with Crippen molar-refractivity contribution in [3.8, 4) is 0 Å². The SMILES string of the molecule is CCC(N)(CC)C(=O)N1CCN(c2ccccc2)CC1. The Labute approximate surface area is 121 Å². The van der Waals surface area contributed by atoms with Gasteiger partial charge in [0.1, 0.15) is 0 Å². The second-order valence-corrected chi connectivity index (χ2v) is 5.48. The molecular weight excluding hydrogens is 250 g/mol. The number of benzene rings is 1. The van der Waals surface area contributed by atoms with Gasteiger partial charge in [-0.2, -0.15) is 0 Å². The van der Waals surface area contributed by atoms with Crippen molar-refractivity contribution in [2.45, 2.75) is 32.2 Å². The van der Waals surface area contributed by atoms with E-state index in [-0.39, 0.29) is 5.91 Å². The van der Waals surface area contributed by atoms with Crippen LogP contribution in [0.3, 0.4) is 0 Å². The van der Waals surface area contributed by atoms with Crippen molar-refractivity contribution < 1.29 is 4.79 Å². The van der Waals surface area contributed by atoms with E-state index in [0.717, 1.165) is 26.2 Å². The molecule has 1 saturated heterocycles. The summed E-state index contributed by atoms with van der Waals surface area (Å²) in [5, 5.41) is 0. The van der Waals surface area contributed by atoms with Crippen LogP contribution in [0.1, 0.15) is 26.7 Å². The average Bonchev–Trinajstić information content (AvgIpc) is 2.54. The van der Waals surface area contributed by atoms with Crippen molar-refractivity contribution in [1.29, 1.82) is 0 Å². The molecule has 0 spiro atoms. The molecule has 1 aliphatic rings. The second-order valence-electron chi connectivity index (χ2n) is 5.48. The molecule has 110 valence electrons. The maximum Gasteiger partial charge on any atom is 0.242 e. The summed E-state index contributed by atoms with van der Waals surface area (Å²) in [7, 11) is 0. The molecule has 20 heavy (non-hydrogen) atoms. The van der Waals surface area contributed by atoms with Gasteiger partial charge in [-0.3, -0.25) is 4.79 Å². The van der Waals surface area contributed by atoms with Gasteiger partial charge in [0.05, 0.1) is 5.54 Å². The molecule has 1 heterocycles. The smallest absolute Gasteiger partial charge is 0.242 e. The number of carbonyl (C=O) groups is 1. The van der Waals surface area contributed by atoms with E-state index in [0.29, 0.717) is 12.8 Å². The van der Waals surface area contributed by atoms with Crippen molar-refractivity contribution in [2.24, 2.45) is 5.73 Å². The summed E-state index contributed by atoms with van der Waals surface area (Å²) in [4.78, 5) is 16.8. The largest absolute Gasteiger partial charge is 0.368 e. The van der Waals surface area contributed by atoms with Crippen LogP contribution >= 0.6 is 0 Å². The Hall–Kier alpha value is -1.55. The predicted molar refractivity (Wildman–Crippen MR) is 82.7 cm³/mol. The van der Waals surface area contributed by atoms with E-state index < -0.39 is 5.54 Å². The van der Waals surface area contributed by atoms with Gasteiger partial charge >= 0.3 is 0 Å². The van der Waals surface area contributed by atoms with Gasteiger partial charge in [-0.15, -0.1) is 0 Å². The Morgan fingerprint density at radius 2 is 1.65 bits per heavy atom. The van der Waals surface area contributed by atoms with Crippen LogP contribution in [-0.4, -0.2) is 42.5 Å². The van der Waals surface area contributed by atoms with Gasteiger partial charge in [-0.05, 0) is 25.0 Å². The van der Waals surface area contributed by atoms with Crippen LogP contribution in [0.2, 0.25) is 0 Å². The number of hydrogen-bond donors (Lipinski definition) is 1. The highest BCUT2D eigenvalue weighted by Crippen LogP contribution is 2.19. The third-order valence-electron chi connectivity index (χ3n) is 4.38. The lowest BCUT2D eigenvalue weighted by Gasteiger charge is -2.40. The fourth-order valence-electron chi connectivity index (χ4n) is 2.67. The van der Waals surface area contributed by atoms with Crippen LogP contribution in [0.5, 0.6) is 0 Å². The lowest BCUT2D eigenvalue weighted by atomic mass is 9.92. The average molecular weight is 275 g/mol. The molecule has 2 N–H and O–H groups in total. The van der Waals surface area contributed by atoms with Crippen LogP contribution in [0.4, 0.5) is 5.69 Å². The minimum absolute atomic E-state index is 0.107. The molecule has 0 radical (unpaired) electrons. The Kier molecular flexibility index (Phi) is 4.65. The van der Waals surface area contributed by atoms with Gasteiger partial charge in [0.2, 0.25) is 5.91 Å². The first-order chi connectivity index (χ1) is 9.60. The lowest BCUT2D eigenvalue weighted by Crippen LogP contribution is -2.59. The van der Waals surface area contributed by atoms with E-state index in [1.807, 2.05) is 36.9 Å². The lowest BCUT2D eigenvalue weighted by molar-refractivity contribution is -0.137. The van der Waals surface area contributed by atoms with E-state index in [1.165, 1.54) is 5.69 Å². The van der Waals surface area contributed by atoms with Crippen molar-refractivity contribution in [3.05, 3.63) is 30.3 Å². The molecule has 1 aliphatic heterocycles. The molecule has 1 aromatic rings. The summed E-state index contributed by atoms with van der Waals surface area (Å²) >= 11 is 0. The summed E-state index contributed by atoms with van der Waals surface area (Å²) in [6.07, 6.45) is 1.39. The summed E-state index contributed by atoms with van der Waals surface area (Å²) in [5.74, 6) is 0.107. The molecule has 1 aromatic carbocycles. The minimum Gasteiger partial charge on any atom is -0.368 e. The summed E-state index contributed by atoms with van der Waals surface area (Å²) in [6.45, 7) is 7.24. The summed E-state index contributed by atoms with van der Waals surface area (Å²) in [5.41, 5.74) is 6.75. The number of para-hydroxylation sites is 1. The zero-order chi connectivity index (χ0) is 14.6. The summed E-state index contributed by atoms with van der Waals surface area (Å²) in [6, 6.07) is 10.3. The normalized spacial score (nSPS) is 16.4. The van der Waals surface area contributed by atoms with E-state index >= 15 is 0 Å². The first kappa shape index (κ1) is 14.9. The monoisotopic (exact) mass is 275 g/mol. The number of hydrogen-bond acceptors (Lipinski definition) is 3. The first-order valence-electron chi connectivity index (χ1n) is 7.49. The highest BCUT2D eigenvalue weighted by molar-refractivity contribution is 5.86. The Morgan fingerprint density at radius 1 is 1.10 bits per heavy atom. The van der Waals surface area contributed by atoms with Gasteiger partial charge in [-0.25, -0.2) is 0 Å². The van der Waals surface area contributed by atoms with Gasteiger partial charge in [0.25, 0.3) is 0 Å². The molecule has 4 heteroatoms. The molecule has 1 amide bonds. The number of piperazine rings is 1. The third-order valence-corrected chi connectivity index (χ3v) is 4.38. The number of anilines is 1. The van der Waals surface area contributed by atoms with Gasteiger partial charge in [0, 0.05) is 31.9 Å². The van der Waals surface area contributed by atoms with Crippen LogP contribution in [0.25, 0.3) is 0 Å². The van der Waals surface area contributed by atoms with E-state index in [9.17, 15) is 4.79 Å². The number of nitrogens with two attached hydrogens (primary N) is 1. The maximum absolute atomic E-state index is 12.5. The van der Waals surface area contributed by atoms with Gasteiger partial charge in [0.15, 0.2) is 0 Å². The number of amides is 1. The number of carbonyl (C=O) groups excluding carboxylic acids is 1. The van der Waals surface area contributed by atoms with Crippen molar-refractivity contribution >= 4 is 11.6 Å². The highest BCUT2D eigenvalue weighted by Gasteiger charge is 2.35. The number of nitrogens with zero attached hydrogens (tertiary/aromatic N) is 2. The Morgan fingerprint density at radius 3 is 2.15 bits per heavy atom. The topological polar surface area (TPSA) is 49.6 Å². The van der Waals surface area contributed by atoms with Crippen LogP contribution in [-0.2, 0) is 4.79 Å². The molecule has 0 aromatic heterocycles. The van der Waals surface area contributed by atoms with Crippen LogP contribution in [0, 0.1) is 0 Å². The van der Waals surface area contributed by atoms with E-state index in [2.05, 4.69) is 17.0 Å². The predicted octanol–water partition coefficient (Wildman–Crippen LogP) is 1.85. The molecule has 1 fully saturated rings. The fraction of sp³-hybridized carbons (Fsp3) is 0.562. The fourth-order valence-corrected chi connectivity index (χ4v) is 2.67. The van der Waals surface area contributed by atoms with E-state index in [1.54, 1.807) is 0 Å². The summed E-state index contributed by atoms with van der Waals surface area (Å²) < 4.78 is 0. The first-order valence-corrected chi connectivity index (χ1v) is 7.49. The Bertz CT molecular complexity index is 434. The number of rotatable bonds is 4. The van der Waals surface area contributed by atoms with Crippen molar-refractivity contribution in [3.63, 3.8) is 0 Å².